The van der Waals surface area contributed by atoms with E-state index in [2.05, 4.69) is 15.9 Å². The highest BCUT2D eigenvalue weighted by molar-refractivity contribution is 9.10. The van der Waals surface area contributed by atoms with Crippen LogP contribution < -0.4 is 9.47 Å². The third-order valence-electron chi connectivity index (χ3n) is 5.67. The minimum Gasteiger partial charge on any atom is -0.503 e. The highest BCUT2D eigenvalue weighted by Crippen LogP contribution is 2.45. The van der Waals surface area contributed by atoms with Gasteiger partial charge in [0, 0.05) is 21.7 Å². The van der Waals surface area contributed by atoms with E-state index in [1.807, 2.05) is 67.6 Å². The lowest BCUT2D eigenvalue weighted by Gasteiger charge is -2.28. The number of methoxy groups -OCH3 is 2. The fraction of sp³-hybridized carbons (Fsp3) is 0.192. The second-order valence-electron chi connectivity index (χ2n) is 7.70. The zero-order valence-electron chi connectivity index (χ0n) is 18.1. The number of rotatable bonds is 6. The van der Waals surface area contributed by atoms with Gasteiger partial charge in [0.1, 0.15) is 11.5 Å². The Morgan fingerprint density at radius 1 is 1.00 bits per heavy atom. The van der Waals surface area contributed by atoms with Crippen molar-refractivity contribution in [2.75, 3.05) is 14.2 Å². The molecule has 1 amide bonds. The van der Waals surface area contributed by atoms with Crippen LogP contribution in [0.25, 0.3) is 5.57 Å². The molecule has 4 rings (SSSR count). The van der Waals surface area contributed by atoms with Crippen molar-refractivity contribution < 1.29 is 19.4 Å². The number of nitrogens with zero attached hydrogens (tertiary/aromatic N) is 1. The SMILES string of the molecule is COc1ccc(CN2C(=O)C(O)=C(c3ccc(C)cc3)[C@H]2c2cccc(Br)c2)c(OC)c1. The van der Waals surface area contributed by atoms with Crippen molar-refractivity contribution in [3.8, 4) is 11.5 Å². The highest BCUT2D eigenvalue weighted by atomic mass is 79.9. The summed E-state index contributed by atoms with van der Waals surface area (Å²) in [5, 5.41) is 11.0. The van der Waals surface area contributed by atoms with Crippen molar-refractivity contribution in [2.24, 2.45) is 0 Å². The number of halogens is 1. The number of amides is 1. The number of ether oxygens (including phenoxy) is 2. The fourth-order valence-electron chi connectivity index (χ4n) is 4.03. The average molecular weight is 494 g/mol. The monoisotopic (exact) mass is 493 g/mol. The van der Waals surface area contributed by atoms with Crippen molar-refractivity contribution in [2.45, 2.75) is 19.5 Å². The summed E-state index contributed by atoms with van der Waals surface area (Å²) in [6.07, 6.45) is 0. The Morgan fingerprint density at radius 2 is 1.75 bits per heavy atom. The minimum atomic E-state index is -0.450. The molecular weight excluding hydrogens is 470 g/mol. The molecule has 1 aliphatic heterocycles. The Kier molecular flexibility index (Phi) is 6.24. The normalized spacial score (nSPS) is 15.9. The van der Waals surface area contributed by atoms with E-state index in [0.717, 1.165) is 26.7 Å². The number of aliphatic hydroxyl groups excluding tert-OH is 1. The van der Waals surface area contributed by atoms with Crippen LogP contribution in [0.5, 0.6) is 11.5 Å². The van der Waals surface area contributed by atoms with Crippen molar-refractivity contribution in [3.05, 3.63) is 99.2 Å². The van der Waals surface area contributed by atoms with Gasteiger partial charge < -0.3 is 19.5 Å². The summed E-state index contributed by atoms with van der Waals surface area (Å²) >= 11 is 3.53. The largest absolute Gasteiger partial charge is 0.503 e. The lowest BCUT2D eigenvalue weighted by molar-refractivity contribution is -0.130. The summed E-state index contributed by atoms with van der Waals surface area (Å²) in [6, 6.07) is 20.7. The van der Waals surface area contributed by atoms with Gasteiger partial charge in [0.25, 0.3) is 5.91 Å². The van der Waals surface area contributed by atoms with E-state index >= 15 is 0 Å². The zero-order valence-corrected chi connectivity index (χ0v) is 19.7. The second-order valence-corrected chi connectivity index (χ2v) is 8.61. The molecule has 1 aliphatic rings. The topological polar surface area (TPSA) is 59.0 Å². The second kappa shape index (κ2) is 9.09. The smallest absolute Gasteiger partial charge is 0.290 e. The maximum absolute atomic E-state index is 13.3. The summed E-state index contributed by atoms with van der Waals surface area (Å²) in [5.41, 5.74) is 4.24. The molecule has 32 heavy (non-hydrogen) atoms. The fourth-order valence-corrected chi connectivity index (χ4v) is 4.45. The molecule has 0 unspecified atom stereocenters. The number of carbonyl (C=O) groups excluding carboxylic acids is 1. The lowest BCUT2D eigenvalue weighted by atomic mass is 9.93. The molecule has 5 nitrogen and oxygen atoms in total. The van der Waals surface area contributed by atoms with Gasteiger partial charge in [0.15, 0.2) is 5.76 Å². The quantitative estimate of drug-likeness (QED) is 0.469. The van der Waals surface area contributed by atoms with E-state index in [0.29, 0.717) is 17.1 Å². The average Bonchev–Trinajstić information content (AvgIpc) is 3.05. The van der Waals surface area contributed by atoms with Gasteiger partial charge in [-0.1, -0.05) is 57.9 Å². The third-order valence-corrected chi connectivity index (χ3v) is 6.16. The number of aliphatic hydroxyl groups is 1. The molecule has 3 aromatic rings. The van der Waals surface area contributed by atoms with Gasteiger partial charge in [-0.25, -0.2) is 0 Å². The molecule has 0 aliphatic carbocycles. The Bertz CT molecular complexity index is 1190. The minimum absolute atomic E-state index is 0.230. The van der Waals surface area contributed by atoms with Crippen LogP contribution in [0.1, 0.15) is 28.3 Å². The summed E-state index contributed by atoms with van der Waals surface area (Å²) < 4.78 is 11.7. The number of hydrogen-bond acceptors (Lipinski definition) is 4. The van der Waals surface area contributed by atoms with Crippen LogP contribution in [-0.2, 0) is 11.3 Å². The first-order valence-electron chi connectivity index (χ1n) is 10.2. The molecule has 6 heteroatoms. The van der Waals surface area contributed by atoms with Gasteiger partial charge in [-0.2, -0.15) is 0 Å². The number of carbonyl (C=O) groups is 1. The van der Waals surface area contributed by atoms with Gasteiger partial charge in [-0.05, 0) is 42.3 Å². The van der Waals surface area contributed by atoms with E-state index in [4.69, 9.17) is 9.47 Å². The zero-order chi connectivity index (χ0) is 22.8. The van der Waals surface area contributed by atoms with Gasteiger partial charge in [0.2, 0.25) is 0 Å². The Balaban J connectivity index is 1.81. The van der Waals surface area contributed by atoms with E-state index < -0.39 is 11.9 Å². The Hall–Kier alpha value is -3.25. The first-order chi connectivity index (χ1) is 15.4. The van der Waals surface area contributed by atoms with Crippen LogP contribution in [0.15, 0.2) is 77.0 Å². The summed E-state index contributed by atoms with van der Waals surface area (Å²) in [6.45, 7) is 2.27. The van der Waals surface area contributed by atoms with Crippen LogP contribution in [-0.4, -0.2) is 30.1 Å². The van der Waals surface area contributed by atoms with Crippen LogP contribution in [0.4, 0.5) is 0 Å². The molecular formula is C26H24BrNO4. The van der Waals surface area contributed by atoms with E-state index in [9.17, 15) is 9.90 Å². The van der Waals surface area contributed by atoms with Crippen LogP contribution in [0.3, 0.4) is 0 Å². The van der Waals surface area contributed by atoms with Gasteiger partial charge in [-0.15, -0.1) is 0 Å². The molecule has 1 heterocycles. The van der Waals surface area contributed by atoms with Crippen molar-refractivity contribution in [1.29, 1.82) is 0 Å². The van der Waals surface area contributed by atoms with Gasteiger partial charge >= 0.3 is 0 Å². The Labute approximate surface area is 196 Å². The van der Waals surface area contributed by atoms with E-state index in [1.54, 1.807) is 25.2 Å². The van der Waals surface area contributed by atoms with E-state index in [1.165, 1.54) is 0 Å². The predicted octanol–water partition coefficient (Wildman–Crippen LogP) is 5.83. The Morgan fingerprint density at radius 3 is 2.41 bits per heavy atom. The van der Waals surface area contributed by atoms with Crippen molar-refractivity contribution in [1.82, 2.24) is 4.90 Å². The molecule has 0 saturated heterocycles. The first kappa shape index (κ1) is 22.0. The molecule has 1 atom stereocenters. The molecule has 164 valence electrons. The maximum atomic E-state index is 13.3. The molecule has 0 fully saturated rings. The summed E-state index contributed by atoms with van der Waals surface area (Å²) in [4.78, 5) is 15.0. The number of aryl methyl sites for hydroxylation is 1. The number of benzene rings is 3. The summed E-state index contributed by atoms with van der Waals surface area (Å²) in [5.74, 6) is 0.645. The third kappa shape index (κ3) is 4.10. The first-order valence-corrected chi connectivity index (χ1v) is 11.0. The van der Waals surface area contributed by atoms with Crippen LogP contribution >= 0.6 is 15.9 Å². The molecule has 0 aromatic heterocycles. The number of hydrogen-bond donors (Lipinski definition) is 1. The van der Waals surface area contributed by atoms with Crippen LogP contribution in [0.2, 0.25) is 0 Å². The standard InChI is InChI=1S/C26H24BrNO4/c1-16-7-9-17(10-8-16)23-24(18-5-4-6-20(27)13-18)28(26(30)25(23)29)15-19-11-12-21(31-2)14-22(19)32-3/h4-14,24,29H,15H2,1-3H3/t24-/m1/s1. The molecule has 0 saturated carbocycles. The molecule has 0 spiro atoms. The molecule has 3 aromatic carbocycles. The molecule has 0 radical (unpaired) electrons. The summed E-state index contributed by atoms with van der Waals surface area (Å²) in [7, 11) is 3.18. The van der Waals surface area contributed by atoms with Crippen molar-refractivity contribution >= 4 is 27.4 Å². The highest BCUT2D eigenvalue weighted by Gasteiger charge is 2.41. The molecule has 1 N–H and O–H groups in total. The lowest BCUT2D eigenvalue weighted by Crippen LogP contribution is -2.30. The maximum Gasteiger partial charge on any atom is 0.290 e. The van der Waals surface area contributed by atoms with Gasteiger partial charge in [0.05, 0.1) is 26.8 Å². The van der Waals surface area contributed by atoms with Gasteiger partial charge in [-0.3, -0.25) is 4.79 Å². The van der Waals surface area contributed by atoms with Crippen LogP contribution in [0, 0.1) is 6.92 Å². The molecule has 0 bridgehead atoms. The van der Waals surface area contributed by atoms with Crippen molar-refractivity contribution in [3.63, 3.8) is 0 Å². The van der Waals surface area contributed by atoms with E-state index in [-0.39, 0.29) is 12.3 Å². The predicted molar refractivity (Wildman–Crippen MR) is 128 cm³/mol.